The average Bonchev–Trinajstić information content (AvgIpc) is 3.18. The molecule has 56 heavy (non-hydrogen) atoms. The highest BCUT2D eigenvalue weighted by molar-refractivity contribution is 5.92. The van der Waals surface area contributed by atoms with Gasteiger partial charge in [0, 0.05) is 60.3 Å². The summed E-state index contributed by atoms with van der Waals surface area (Å²) in [6.07, 6.45) is 10.4. The molecule has 0 spiro atoms. The van der Waals surface area contributed by atoms with Crippen molar-refractivity contribution >= 4 is 16.9 Å². The molecule has 4 heterocycles. The number of nitrogens with one attached hydrogen (secondary N) is 3. The Hall–Kier alpha value is -5.54. The molecular formula is C42H51N5O9. The molecule has 11 N–H and O–H groups in total. The summed E-state index contributed by atoms with van der Waals surface area (Å²) in [5.41, 5.74) is 13.5. The Morgan fingerprint density at radius 3 is 2.70 bits per heavy atom. The molecular weight excluding hydrogens is 718 g/mol. The highest BCUT2D eigenvalue weighted by Gasteiger charge is 2.48. The highest BCUT2D eigenvalue weighted by atomic mass is 16.6. The SMILES string of the molecule is C/C=C(/CNCC)C(=O)O[C@@H]1Cc2c(c([C@@H](C3=CCNC(N)=C3)[C@H](CO)c3cccc(O)c3)c3oc(CO)cc(=O)c3c2O)O[C@@]1(C)CCC1=CNC(N)C=C1. The van der Waals surface area contributed by atoms with Crippen LogP contribution in [0.25, 0.3) is 11.0 Å². The fourth-order valence-electron chi connectivity index (χ4n) is 7.62. The number of ether oxygens (including phenoxy) is 2. The van der Waals surface area contributed by atoms with Gasteiger partial charge in [0.25, 0.3) is 0 Å². The molecule has 0 amide bonds. The van der Waals surface area contributed by atoms with Crippen molar-refractivity contribution in [3.8, 4) is 17.2 Å². The number of hydrogen-bond donors (Lipinski definition) is 9. The topological polar surface area (TPSA) is 235 Å². The molecule has 0 bridgehead atoms. The molecule has 1 aromatic heterocycles. The second-order valence-corrected chi connectivity index (χ2v) is 14.4. The lowest BCUT2D eigenvalue weighted by atomic mass is 9.73. The van der Waals surface area contributed by atoms with Gasteiger partial charge < -0.3 is 61.7 Å². The molecule has 2 aromatic carbocycles. The molecule has 5 atom stereocenters. The summed E-state index contributed by atoms with van der Waals surface area (Å²) in [6.45, 7) is 5.74. The molecule has 3 aliphatic rings. The van der Waals surface area contributed by atoms with Gasteiger partial charge in [0.05, 0.1) is 18.6 Å². The minimum Gasteiger partial charge on any atom is -0.508 e. The maximum absolute atomic E-state index is 13.9. The van der Waals surface area contributed by atoms with Crippen molar-refractivity contribution in [1.29, 1.82) is 0 Å². The molecule has 0 saturated carbocycles. The van der Waals surface area contributed by atoms with Gasteiger partial charge in [-0.3, -0.25) is 4.79 Å². The molecule has 0 fully saturated rings. The van der Waals surface area contributed by atoms with Gasteiger partial charge in [-0.25, -0.2) is 4.79 Å². The van der Waals surface area contributed by atoms with E-state index in [1.54, 1.807) is 37.3 Å². The van der Waals surface area contributed by atoms with Gasteiger partial charge in [0.2, 0.25) is 0 Å². The number of esters is 1. The first-order chi connectivity index (χ1) is 26.9. The highest BCUT2D eigenvalue weighted by Crippen LogP contribution is 2.54. The van der Waals surface area contributed by atoms with Crippen LogP contribution in [0.4, 0.5) is 0 Å². The van der Waals surface area contributed by atoms with Crippen molar-refractivity contribution in [3.05, 3.63) is 122 Å². The normalized spacial score (nSPS) is 21.8. The molecule has 3 aliphatic heterocycles. The fraction of sp³-hybridized carbons (Fsp3) is 0.381. The first kappa shape index (κ1) is 40.1. The Morgan fingerprint density at radius 1 is 1.23 bits per heavy atom. The van der Waals surface area contributed by atoms with Gasteiger partial charge in [-0.15, -0.1) is 0 Å². The van der Waals surface area contributed by atoms with E-state index in [9.17, 15) is 30.0 Å². The van der Waals surface area contributed by atoms with Crippen molar-refractivity contribution < 1.29 is 39.1 Å². The van der Waals surface area contributed by atoms with Crippen LogP contribution in [0.1, 0.15) is 67.9 Å². The predicted octanol–water partition coefficient (Wildman–Crippen LogP) is 3.16. The fourth-order valence-corrected chi connectivity index (χ4v) is 7.62. The van der Waals surface area contributed by atoms with Crippen molar-refractivity contribution in [2.45, 2.75) is 76.3 Å². The number of carbonyl (C=O) groups excluding carboxylic acids is 1. The Labute approximate surface area is 324 Å². The zero-order valence-corrected chi connectivity index (χ0v) is 31.8. The number of dihydropyridines is 2. The average molecular weight is 770 g/mol. The summed E-state index contributed by atoms with van der Waals surface area (Å²) < 4.78 is 19.7. The third-order valence-corrected chi connectivity index (χ3v) is 10.7. The minimum atomic E-state index is -1.24. The van der Waals surface area contributed by atoms with E-state index in [4.69, 9.17) is 25.4 Å². The second-order valence-electron chi connectivity index (χ2n) is 14.4. The second kappa shape index (κ2) is 17.1. The monoisotopic (exact) mass is 769 g/mol. The Bertz CT molecular complexity index is 2190. The van der Waals surface area contributed by atoms with Crippen LogP contribution in [-0.2, 0) is 22.6 Å². The molecule has 0 aliphatic carbocycles. The number of aliphatic hydroxyl groups excluding tert-OH is 2. The van der Waals surface area contributed by atoms with Crippen molar-refractivity contribution in [2.75, 3.05) is 26.2 Å². The number of fused-ring (bicyclic) bond motifs is 2. The van der Waals surface area contributed by atoms with E-state index >= 15 is 0 Å². The molecule has 1 unspecified atom stereocenters. The van der Waals surface area contributed by atoms with Gasteiger partial charge in [-0.2, -0.15) is 0 Å². The van der Waals surface area contributed by atoms with Crippen LogP contribution in [0.5, 0.6) is 17.2 Å². The van der Waals surface area contributed by atoms with E-state index in [0.717, 1.165) is 11.6 Å². The number of nitrogens with two attached hydrogens (primary N) is 2. The molecule has 298 valence electrons. The van der Waals surface area contributed by atoms with Crippen LogP contribution in [0.3, 0.4) is 0 Å². The van der Waals surface area contributed by atoms with Crippen molar-refractivity contribution in [3.63, 3.8) is 0 Å². The number of rotatable bonds is 14. The number of phenolic OH excluding ortho intramolecular Hbond substituents is 2. The third kappa shape index (κ3) is 8.19. The Balaban J connectivity index is 1.62. The summed E-state index contributed by atoms with van der Waals surface area (Å²) in [5.74, 6) is -2.17. The van der Waals surface area contributed by atoms with Crippen LogP contribution in [0, 0.1) is 0 Å². The van der Waals surface area contributed by atoms with Crippen molar-refractivity contribution in [2.24, 2.45) is 11.5 Å². The van der Waals surface area contributed by atoms with Crippen LogP contribution in [-0.4, -0.2) is 70.5 Å². The van der Waals surface area contributed by atoms with Crippen LogP contribution >= 0.6 is 0 Å². The van der Waals surface area contributed by atoms with E-state index in [2.05, 4.69) is 16.0 Å². The van der Waals surface area contributed by atoms with Gasteiger partial charge in [0.1, 0.15) is 52.3 Å². The number of allylic oxidation sites excluding steroid dienone is 5. The lowest BCUT2D eigenvalue weighted by Gasteiger charge is -2.44. The van der Waals surface area contributed by atoms with E-state index in [0.29, 0.717) is 54.0 Å². The Kier molecular flexibility index (Phi) is 12.2. The van der Waals surface area contributed by atoms with Crippen LogP contribution in [0.2, 0.25) is 0 Å². The molecule has 3 aromatic rings. The summed E-state index contributed by atoms with van der Waals surface area (Å²) >= 11 is 0. The molecule has 6 rings (SSSR count). The Morgan fingerprint density at radius 2 is 2.04 bits per heavy atom. The molecule has 0 radical (unpaired) electrons. The number of aliphatic hydroxyl groups is 2. The first-order valence-electron chi connectivity index (χ1n) is 18.8. The quantitative estimate of drug-likeness (QED) is 0.0847. The summed E-state index contributed by atoms with van der Waals surface area (Å²) in [5, 5.41) is 53.2. The predicted molar refractivity (Wildman–Crippen MR) is 212 cm³/mol. The molecule has 14 nitrogen and oxygen atoms in total. The number of phenols is 2. The maximum atomic E-state index is 13.9. The first-order valence-corrected chi connectivity index (χ1v) is 18.8. The largest absolute Gasteiger partial charge is 0.508 e. The van der Waals surface area contributed by atoms with E-state index in [1.807, 2.05) is 38.3 Å². The van der Waals surface area contributed by atoms with Gasteiger partial charge in [0.15, 0.2) is 5.43 Å². The number of carbonyl (C=O) groups is 1. The van der Waals surface area contributed by atoms with E-state index in [-0.39, 0.29) is 52.9 Å². The molecule has 14 heteroatoms. The smallest absolute Gasteiger partial charge is 0.335 e. The zero-order chi connectivity index (χ0) is 40.1. The number of hydrogen-bond acceptors (Lipinski definition) is 14. The van der Waals surface area contributed by atoms with Crippen LogP contribution in [0.15, 0.2) is 98.7 Å². The lowest BCUT2D eigenvalue weighted by molar-refractivity contribution is -0.159. The molecule has 0 saturated heterocycles. The summed E-state index contributed by atoms with van der Waals surface area (Å²) in [4.78, 5) is 27.7. The van der Waals surface area contributed by atoms with Crippen LogP contribution < -0.4 is 37.6 Å². The maximum Gasteiger partial charge on any atom is 0.335 e. The third-order valence-electron chi connectivity index (χ3n) is 10.7. The van der Waals surface area contributed by atoms with E-state index in [1.165, 1.54) is 6.07 Å². The number of aromatic hydroxyl groups is 2. The lowest BCUT2D eigenvalue weighted by Crippen LogP contribution is -2.52. The van der Waals surface area contributed by atoms with Gasteiger partial charge in [-0.1, -0.05) is 37.3 Å². The zero-order valence-electron chi connectivity index (χ0n) is 31.8. The standard InChI is InChI=1S/C42H51N5O9/c1-4-24(20-45-5-2)41(53)55-32-18-29-38(52)36-31(51)17-28(21-48)54-40(36)37(39(29)56-42(32,3)13-11-23-9-10-33(43)47-19-23)35(26-12-14-46-34(44)16-26)30(22-49)25-7-6-8-27(50)15-25/h4,6-10,12,15-17,19,30,32-33,35,45-50,52H,5,11,13-14,18,20-22,43-44H2,1-3H3/b24-4-/t30-,32-,33?,35+,42+/m1/s1. The van der Waals surface area contributed by atoms with E-state index < -0.39 is 53.9 Å². The minimum absolute atomic E-state index is 0.0228. The summed E-state index contributed by atoms with van der Waals surface area (Å²) in [6, 6.07) is 7.61. The van der Waals surface area contributed by atoms with Gasteiger partial charge >= 0.3 is 5.97 Å². The summed E-state index contributed by atoms with van der Waals surface area (Å²) in [7, 11) is 0. The number of benzene rings is 2. The van der Waals surface area contributed by atoms with Gasteiger partial charge in [-0.05, 0) is 74.2 Å². The van der Waals surface area contributed by atoms with Crippen molar-refractivity contribution in [1.82, 2.24) is 16.0 Å². The number of likely N-dealkylation sites (N-methyl/N-ethyl adjacent to an activating group) is 1.